The van der Waals surface area contributed by atoms with Crippen LogP contribution in [0.2, 0.25) is 20.1 Å². The van der Waals surface area contributed by atoms with Gasteiger partial charge in [0.15, 0.2) is 12.4 Å². The Kier molecular flexibility index (Phi) is 10.2. The highest BCUT2D eigenvalue weighted by Gasteiger charge is 2.55. The molecule has 1 aliphatic heterocycles. The fourth-order valence-electron chi connectivity index (χ4n) is 3.27. The highest BCUT2D eigenvalue weighted by Crippen LogP contribution is 2.34. The Labute approximate surface area is 225 Å². The quantitative estimate of drug-likeness (QED) is 0.240. The second-order valence-corrected chi connectivity index (χ2v) is 10.8. The SMILES string of the molecule is CO[C@H]1O[C@H](COCc2ccc(Cl)cc2Cl)[C@@H](OCc2ccc(Cl)cc2Cl)[C@H]1OS(=O)(=O)C(F)(F)F. The van der Waals surface area contributed by atoms with Crippen LogP contribution >= 0.6 is 46.4 Å². The summed E-state index contributed by atoms with van der Waals surface area (Å²) in [5, 5.41) is 1.35. The maximum absolute atomic E-state index is 13.0. The summed E-state index contributed by atoms with van der Waals surface area (Å²) in [4.78, 5) is 0. The molecule has 1 heterocycles. The van der Waals surface area contributed by atoms with Gasteiger partial charge in [-0.25, -0.2) is 0 Å². The van der Waals surface area contributed by atoms with Crippen LogP contribution in [0.1, 0.15) is 11.1 Å². The summed E-state index contributed by atoms with van der Waals surface area (Å²) >= 11 is 24.0. The number of hydrogen-bond acceptors (Lipinski definition) is 7. The Morgan fingerprint density at radius 3 is 1.97 bits per heavy atom. The molecule has 0 spiro atoms. The molecule has 2 aromatic rings. The van der Waals surface area contributed by atoms with E-state index in [0.717, 1.165) is 7.11 Å². The normalized spacial score (nSPS) is 22.8. The zero-order valence-corrected chi connectivity index (χ0v) is 22.1. The Balaban J connectivity index is 1.80. The molecule has 15 heteroatoms. The van der Waals surface area contributed by atoms with E-state index < -0.39 is 40.2 Å². The largest absolute Gasteiger partial charge is 0.523 e. The van der Waals surface area contributed by atoms with Gasteiger partial charge in [-0.2, -0.15) is 21.6 Å². The van der Waals surface area contributed by atoms with Gasteiger partial charge in [-0.15, -0.1) is 0 Å². The van der Waals surface area contributed by atoms with Crippen LogP contribution in [0.5, 0.6) is 0 Å². The van der Waals surface area contributed by atoms with E-state index in [4.69, 9.17) is 65.4 Å². The van der Waals surface area contributed by atoms with Gasteiger partial charge >= 0.3 is 15.6 Å². The van der Waals surface area contributed by atoms with Gasteiger partial charge in [0.2, 0.25) is 0 Å². The van der Waals surface area contributed by atoms with E-state index in [0.29, 0.717) is 26.2 Å². The maximum Gasteiger partial charge on any atom is 0.523 e. The lowest BCUT2D eigenvalue weighted by Crippen LogP contribution is -2.43. The number of benzene rings is 2. The third-order valence-corrected chi connectivity index (χ3v) is 7.24. The molecule has 200 valence electrons. The molecule has 4 atom stereocenters. The number of halogens is 7. The van der Waals surface area contributed by atoms with E-state index in [2.05, 4.69) is 4.18 Å². The van der Waals surface area contributed by atoms with Gasteiger partial charge in [0.1, 0.15) is 12.2 Å². The average Bonchev–Trinajstić information content (AvgIpc) is 3.09. The molecule has 0 saturated carbocycles. The van der Waals surface area contributed by atoms with Crippen molar-refractivity contribution in [1.29, 1.82) is 0 Å². The van der Waals surface area contributed by atoms with Crippen LogP contribution in [-0.4, -0.2) is 52.2 Å². The minimum absolute atomic E-state index is 0.00435. The Morgan fingerprint density at radius 1 is 0.917 bits per heavy atom. The minimum Gasteiger partial charge on any atom is -0.374 e. The first-order valence-electron chi connectivity index (χ1n) is 10.1. The maximum atomic E-state index is 13.0. The van der Waals surface area contributed by atoms with Crippen LogP contribution in [0.4, 0.5) is 13.2 Å². The molecule has 0 bridgehead atoms. The first-order valence-corrected chi connectivity index (χ1v) is 13.0. The van der Waals surface area contributed by atoms with E-state index in [9.17, 15) is 21.6 Å². The predicted molar refractivity (Wildman–Crippen MR) is 127 cm³/mol. The molecule has 0 amide bonds. The Hall–Kier alpha value is -0.860. The monoisotopic (exact) mass is 612 g/mol. The van der Waals surface area contributed by atoms with Crippen molar-refractivity contribution in [1.82, 2.24) is 0 Å². The Bertz CT molecular complexity index is 1170. The van der Waals surface area contributed by atoms with Gasteiger partial charge in [0, 0.05) is 27.2 Å². The average molecular weight is 614 g/mol. The molecule has 0 aromatic heterocycles. The van der Waals surface area contributed by atoms with Gasteiger partial charge in [-0.05, 0) is 35.4 Å². The standard InChI is InChI=1S/C21H19Cl4F3O7S/c1-31-20-19(35-36(29,30)21(26,27)28)18(33-9-12-3-5-14(23)7-16(12)25)17(34-20)10-32-8-11-2-4-13(22)6-15(11)24/h2-7,17-20H,8-10H2,1H3/t17-,18-,19-,20+/m1/s1. The first-order chi connectivity index (χ1) is 16.8. The van der Waals surface area contributed by atoms with Crippen molar-refractivity contribution in [2.75, 3.05) is 13.7 Å². The highest BCUT2D eigenvalue weighted by atomic mass is 35.5. The smallest absolute Gasteiger partial charge is 0.374 e. The van der Waals surface area contributed by atoms with Gasteiger partial charge in [-0.1, -0.05) is 58.5 Å². The summed E-state index contributed by atoms with van der Waals surface area (Å²) in [5.41, 5.74) is -4.65. The third-order valence-electron chi connectivity index (χ3n) is 5.02. The summed E-state index contributed by atoms with van der Waals surface area (Å²) in [5.74, 6) is 0. The first kappa shape index (κ1) is 29.7. The van der Waals surface area contributed by atoms with Crippen LogP contribution in [0.25, 0.3) is 0 Å². The number of ether oxygens (including phenoxy) is 4. The molecule has 0 aliphatic carbocycles. The number of hydrogen-bond donors (Lipinski definition) is 0. The third kappa shape index (κ3) is 7.37. The lowest BCUT2D eigenvalue weighted by atomic mass is 10.1. The van der Waals surface area contributed by atoms with Crippen LogP contribution in [-0.2, 0) is 46.5 Å². The second-order valence-electron chi connectivity index (χ2n) is 7.50. The van der Waals surface area contributed by atoms with Crippen LogP contribution in [0.15, 0.2) is 36.4 Å². The van der Waals surface area contributed by atoms with Gasteiger partial charge in [0.05, 0.1) is 19.8 Å². The molecular weight excluding hydrogens is 595 g/mol. The molecule has 1 fully saturated rings. The van der Waals surface area contributed by atoms with E-state index in [1.165, 1.54) is 18.2 Å². The van der Waals surface area contributed by atoms with Crippen LogP contribution < -0.4 is 0 Å². The van der Waals surface area contributed by atoms with Crippen LogP contribution in [0.3, 0.4) is 0 Å². The van der Waals surface area contributed by atoms with Gasteiger partial charge in [-0.3, -0.25) is 4.18 Å². The summed E-state index contributed by atoms with van der Waals surface area (Å²) in [7, 11) is -4.89. The topological polar surface area (TPSA) is 80.3 Å². The van der Waals surface area contributed by atoms with Crippen LogP contribution in [0, 0.1) is 0 Å². The van der Waals surface area contributed by atoms with Crippen molar-refractivity contribution >= 4 is 56.5 Å². The molecule has 1 saturated heterocycles. The van der Waals surface area contributed by atoms with E-state index in [1.807, 2.05) is 0 Å². The number of rotatable bonds is 10. The summed E-state index contributed by atoms with van der Waals surface area (Å²) in [6, 6.07) is 9.29. The number of methoxy groups -OCH3 is 1. The van der Waals surface area contributed by atoms with Crippen molar-refractivity contribution in [3.8, 4) is 0 Å². The van der Waals surface area contributed by atoms with Crippen molar-refractivity contribution in [3.63, 3.8) is 0 Å². The summed E-state index contributed by atoms with van der Waals surface area (Å²) in [6.45, 7) is -0.467. The molecular formula is C21H19Cl4F3O7S. The second kappa shape index (κ2) is 12.3. The van der Waals surface area contributed by atoms with E-state index in [-0.39, 0.29) is 24.8 Å². The Morgan fingerprint density at radius 2 is 1.47 bits per heavy atom. The highest BCUT2D eigenvalue weighted by molar-refractivity contribution is 7.87. The number of alkyl halides is 3. The fraction of sp³-hybridized carbons (Fsp3) is 0.429. The molecule has 2 aromatic carbocycles. The molecule has 36 heavy (non-hydrogen) atoms. The molecule has 3 rings (SSSR count). The van der Waals surface area contributed by atoms with Crippen molar-refractivity contribution in [2.24, 2.45) is 0 Å². The van der Waals surface area contributed by atoms with Crippen molar-refractivity contribution in [3.05, 3.63) is 67.6 Å². The van der Waals surface area contributed by atoms with Crippen molar-refractivity contribution in [2.45, 2.75) is 43.3 Å². The fourth-order valence-corrected chi connectivity index (χ4v) is 4.80. The summed E-state index contributed by atoms with van der Waals surface area (Å²) < 4.78 is 89.0. The van der Waals surface area contributed by atoms with Gasteiger partial charge in [0.25, 0.3) is 0 Å². The van der Waals surface area contributed by atoms with Gasteiger partial charge < -0.3 is 18.9 Å². The zero-order chi connectivity index (χ0) is 26.7. The lowest BCUT2D eigenvalue weighted by Gasteiger charge is -2.24. The van der Waals surface area contributed by atoms with E-state index >= 15 is 0 Å². The molecule has 0 radical (unpaired) electrons. The molecule has 1 aliphatic rings. The molecule has 0 N–H and O–H groups in total. The van der Waals surface area contributed by atoms with E-state index in [1.54, 1.807) is 18.2 Å². The predicted octanol–water partition coefficient (Wildman–Crippen LogP) is 6.01. The lowest BCUT2D eigenvalue weighted by molar-refractivity contribution is -0.154. The minimum atomic E-state index is -6.00. The molecule has 7 nitrogen and oxygen atoms in total. The molecule has 0 unspecified atom stereocenters. The van der Waals surface area contributed by atoms with Crippen molar-refractivity contribution < 1.29 is 44.7 Å². The summed E-state index contributed by atoms with van der Waals surface area (Å²) in [6.07, 6.45) is -5.76. The zero-order valence-electron chi connectivity index (χ0n) is 18.3.